The fourth-order valence-electron chi connectivity index (χ4n) is 3.44. The van der Waals surface area contributed by atoms with Crippen molar-refractivity contribution < 1.29 is 23.9 Å². The molecule has 0 aromatic heterocycles. The standard InChI is InChI=1S/C23H46NO4P/c1-5-6-7-8-9-10-11-12-13-14-15-16-17-18-19-20-21-23(25,29(26,27)28)22-24(2,3)4/h13-14,18-19,25H,5-12,15-17,20-22H2,1-4H3,(H-,26,27,28)/p+1/b14-13-,19-18-. The van der Waals surface area contributed by atoms with Gasteiger partial charge in [-0.15, -0.1) is 0 Å². The van der Waals surface area contributed by atoms with Crippen LogP contribution in [-0.4, -0.2) is 52.4 Å². The average Bonchev–Trinajstić information content (AvgIpc) is 2.59. The molecule has 172 valence electrons. The quantitative estimate of drug-likeness (QED) is 0.111. The minimum atomic E-state index is -4.58. The number of unbranched alkanes of at least 4 members (excludes halogenated alkanes) is 9. The van der Waals surface area contributed by atoms with Gasteiger partial charge in [-0.3, -0.25) is 4.57 Å². The molecule has 29 heavy (non-hydrogen) atoms. The number of aliphatic hydroxyl groups is 1. The lowest BCUT2D eigenvalue weighted by molar-refractivity contribution is -0.875. The molecule has 0 aromatic carbocycles. The van der Waals surface area contributed by atoms with Gasteiger partial charge in [0.25, 0.3) is 0 Å². The molecule has 0 heterocycles. The molecule has 0 saturated heterocycles. The normalized spacial score (nSPS) is 15.4. The first-order valence-electron chi connectivity index (χ1n) is 11.4. The van der Waals surface area contributed by atoms with Gasteiger partial charge in [0.15, 0.2) is 0 Å². The SMILES string of the molecule is CCCCCCCCC/C=C\CCC/C=C\CCC(O)(C[N+](C)(C)C)P(=O)(O)O. The molecule has 1 unspecified atom stereocenters. The second-order valence-electron chi connectivity index (χ2n) is 9.30. The van der Waals surface area contributed by atoms with Gasteiger partial charge in [0, 0.05) is 0 Å². The summed E-state index contributed by atoms with van der Waals surface area (Å²) in [6.45, 7) is 2.27. The highest BCUT2D eigenvalue weighted by atomic mass is 31.2. The number of allylic oxidation sites excluding steroid dienone is 4. The van der Waals surface area contributed by atoms with Crippen LogP contribution in [0.15, 0.2) is 24.3 Å². The lowest BCUT2D eigenvalue weighted by Crippen LogP contribution is -2.49. The number of hydrogen-bond acceptors (Lipinski definition) is 2. The minimum absolute atomic E-state index is 0.0225. The molecule has 0 aliphatic carbocycles. The van der Waals surface area contributed by atoms with Crippen LogP contribution in [0.2, 0.25) is 0 Å². The Kier molecular flexibility index (Phi) is 15.1. The first-order valence-corrected chi connectivity index (χ1v) is 13.0. The summed E-state index contributed by atoms with van der Waals surface area (Å²) in [5, 5.41) is 8.51. The molecule has 0 fully saturated rings. The fraction of sp³-hybridized carbons (Fsp3) is 0.826. The van der Waals surface area contributed by atoms with Crippen LogP contribution >= 0.6 is 7.60 Å². The molecule has 5 nitrogen and oxygen atoms in total. The van der Waals surface area contributed by atoms with E-state index < -0.39 is 12.9 Å². The van der Waals surface area contributed by atoms with Gasteiger partial charge in [0.05, 0.1) is 21.1 Å². The van der Waals surface area contributed by atoms with Crippen molar-refractivity contribution in [2.24, 2.45) is 0 Å². The third-order valence-electron chi connectivity index (χ3n) is 5.03. The molecular weight excluding hydrogens is 385 g/mol. The van der Waals surface area contributed by atoms with Crippen LogP contribution in [0.1, 0.15) is 90.4 Å². The van der Waals surface area contributed by atoms with Crippen LogP contribution in [0, 0.1) is 0 Å². The van der Waals surface area contributed by atoms with E-state index in [4.69, 9.17) is 0 Å². The van der Waals surface area contributed by atoms with Crippen molar-refractivity contribution in [3.63, 3.8) is 0 Å². The smallest absolute Gasteiger partial charge is 0.362 e. The summed E-state index contributed by atoms with van der Waals surface area (Å²) in [6.07, 6.45) is 22.8. The van der Waals surface area contributed by atoms with Crippen molar-refractivity contribution in [1.82, 2.24) is 0 Å². The molecular formula is C23H47NO4P+. The topological polar surface area (TPSA) is 77.8 Å². The number of rotatable bonds is 18. The summed E-state index contributed by atoms with van der Waals surface area (Å²) in [7, 11) is 0.874. The second kappa shape index (κ2) is 15.4. The molecule has 0 aliphatic rings. The van der Waals surface area contributed by atoms with E-state index in [9.17, 15) is 19.5 Å². The Morgan fingerprint density at radius 2 is 1.21 bits per heavy atom. The highest BCUT2D eigenvalue weighted by Gasteiger charge is 2.48. The molecule has 0 rings (SSSR count). The Balaban J connectivity index is 3.86. The maximum atomic E-state index is 11.7. The molecule has 0 bridgehead atoms. The molecule has 1 atom stereocenters. The first-order chi connectivity index (χ1) is 13.5. The number of nitrogens with zero attached hydrogens (tertiary/aromatic N) is 1. The lowest BCUT2D eigenvalue weighted by Gasteiger charge is -2.35. The first kappa shape index (κ1) is 28.5. The monoisotopic (exact) mass is 432 g/mol. The Labute approximate surface area is 179 Å². The van der Waals surface area contributed by atoms with Crippen molar-refractivity contribution in [3.05, 3.63) is 24.3 Å². The van der Waals surface area contributed by atoms with E-state index in [0.717, 1.165) is 19.3 Å². The number of likely N-dealkylation sites (N-methyl/N-ethyl adjacent to an activating group) is 1. The molecule has 0 radical (unpaired) electrons. The van der Waals surface area contributed by atoms with E-state index in [-0.39, 0.29) is 13.0 Å². The van der Waals surface area contributed by atoms with E-state index in [1.807, 2.05) is 27.2 Å². The molecule has 0 saturated carbocycles. The van der Waals surface area contributed by atoms with Crippen molar-refractivity contribution in [2.45, 2.75) is 95.7 Å². The largest absolute Gasteiger partial charge is 0.373 e. The van der Waals surface area contributed by atoms with Crippen LogP contribution in [0.4, 0.5) is 0 Å². The number of hydrogen-bond donors (Lipinski definition) is 3. The Morgan fingerprint density at radius 3 is 1.69 bits per heavy atom. The zero-order chi connectivity index (χ0) is 22.2. The van der Waals surface area contributed by atoms with Crippen molar-refractivity contribution in [2.75, 3.05) is 27.7 Å². The van der Waals surface area contributed by atoms with Gasteiger partial charge in [0.2, 0.25) is 5.34 Å². The summed E-state index contributed by atoms with van der Waals surface area (Å²) in [6, 6.07) is 0. The summed E-state index contributed by atoms with van der Waals surface area (Å²) >= 11 is 0. The summed E-state index contributed by atoms with van der Waals surface area (Å²) in [5.74, 6) is 0. The summed E-state index contributed by atoms with van der Waals surface area (Å²) < 4.78 is 12.0. The Hall–Kier alpha value is -0.450. The molecule has 3 N–H and O–H groups in total. The maximum Gasteiger partial charge on any atom is 0.362 e. The van der Waals surface area contributed by atoms with Gasteiger partial charge in [-0.05, 0) is 44.9 Å². The van der Waals surface area contributed by atoms with Crippen LogP contribution < -0.4 is 0 Å². The highest BCUT2D eigenvalue weighted by molar-refractivity contribution is 7.53. The predicted molar refractivity (Wildman–Crippen MR) is 124 cm³/mol. The van der Waals surface area contributed by atoms with E-state index in [1.54, 1.807) is 0 Å². The van der Waals surface area contributed by atoms with Gasteiger partial charge in [-0.2, -0.15) is 0 Å². The minimum Gasteiger partial charge on any atom is -0.373 e. The van der Waals surface area contributed by atoms with E-state index in [2.05, 4.69) is 25.2 Å². The second-order valence-corrected chi connectivity index (χ2v) is 11.2. The van der Waals surface area contributed by atoms with Gasteiger partial charge in [-0.25, -0.2) is 0 Å². The van der Waals surface area contributed by atoms with E-state index in [1.165, 1.54) is 51.4 Å². The summed E-state index contributed by atoms with van der Waals surface area (Å²) in [4.78, 5) is 19.1. The lowest BCUT2D eigenvalue weighted by atomic mass is 10.1. The van der Waals surface area contributed by atoms with Crippen LogP contribution in [0.25, 0.3) is 0 Å². The molecule has 0 aliphatic heterocycles. The fourth-order valence-corrected chi connectivity index (χ4v) is 4.46. The van der Waals surface area contributed by atoms with Crippen LogP contribution in [-0.2, 0) is 4.57 Å². The zero-order valence-corrected chi connectivity index (χ0v) is 20.2. The predicted octanol–water partition coefficient (Wildman–Crippen LogP) is 5.76. The third kappa shape index (κ3) is 16.0. The van der Waals surface area contributed by atoms with Gasteiger partial charge in [0.1, 0.15) is 6.54 Å². The van der Waals surface area contributed by atoms with Gasteiger partial charge < -0.3 is 19.4 Å². The van der Waals surface area contributed by atoms with Gasteiger partial charge >= 0.3 is 7.60 Å². The van der Waals surface area contributed by atoms with Crippen LogP contribution in [0.5, 0.6) is 0 Å². The third-order valence-corrected chi connectivity index (χ3v) is 6.48. The van der Waals surface area contributed by atoms with Crippen molar-refractivity contribution in [1.29, 1.82) is 0 Å². The Bertz CT molecular complexity index is 507. The summed E-state index contributed by atoms with van der Waals surface area (Å²) in [5.41, 5.74) is 0. The Morgan fingerprint density at radius 1 is 0.759 bits per heavy atom. The average molecular weight is 433 g/mol. The zero-order valence-electron chi connectivity index (χ0n) is 19.4. The van der Waals surface area contributed by atoms with Crippen LogP contribution in [0.3, 0.4) is 0 Å². The van der Waals surface area contributed by atoms with E-state index >= 15 is 0 Å². The number of quaternary nitrogens is 1. The van der Waals surface area contributed by atoms with E-state index in [0.29, 0.717) is 10.9 Å². The molecule has 0 aromatic rings. The van der Waals surface area contributed by atoms with Gasteiger partial charge in [-0.1, -0.05) is 69.8 Å². The molecule has 0 spiro atoms. The van der Waals surface area contributed by atoms with Crippen molar-refractivity contribution >= 4 is 7.60 Å². The molecule has 0 amide bonds. The maximum absolute atomic E-state index is 11.7. The highest BCUT2D eigenvalue weighted by Crippen LogP contribution is 2.52. The van der Waals surface area contributed by atoms with Crippen molar-refractivity contribution in [3.8, 4) is 0 Å². The molecule has 6 heteroatoms.